The summed E-state index contributed by atoms with van der Waals surface area (Å²) in [5.74, 6) is -0.531. The zero-order valence-corrected chi connectivity index (χ0v) is 13.4. The van der Waals surface area contributed by atoms with Gasteiger partial charge in [-0.25, -0.2) is 4.39 Å². The standard InChI is InChI=1S/C17H27FN2O/c1-4-6-10-20(11-7-5-2)13-14(3)17(21)16-9-8-15(18)12-19-16/h8-9,12,14H,4-7,10-11,13H2,1-3H3. The van der Waals surface area contributed by atoms with E-state index in [0.717, 1.165) is 51.5 Å². The molecule has 0 amide bonds. The topological polar surface area (TPSA) is 33.2 Å². The van der Waals surface area contributed by atoms with Crippen LogP contribution in [0.1, 0.15) is 56.9 Å². The van der Waals surface area contributed by atoms with Crippen molar-refractivity contribution >= 4 is 5.78 Å². The summed E-state index contributed by atoms with van der Waals surface area (Å²) in [4.78, 5) is 18.6. The van der Waals surface area contributed by atoms with Crippen LogP contribution in [0.4, 0.5) is 4.39 Å². The Labute approximate surface area is 127 Å². The lowest BCUT2D eigenvalue weighted by Gasteiger charge is -2.24. The van der Waals surface area contributed by atoms with Gasteiger partial charge in [-0.05, 0) is 38.1 Å². The Morgan fingerprint density at radius 1 is 1.24 bits per heavy atom. The second-order valence-corrected chi connectivity index (χ2v) is 5.63. The average Bonchev–Trinajstić information content (AvgIpc) is 2.49. The normalized spacial score (nSPS) is 12.6. The first kappa shape index (κ1) is 17.8. The van der Waals surface area contributed by atoms with E-state index in [1.165, 1.54) is 12.1 Å². The molecule has 3 nitrogen and oxygen atoms in total. The number of unbranched alkanes of at least 4 members (excludes halogenated alkanes) is 2. The Morgan fingerprint density at radius 2 is 1.86 bits per heavy atom. The molecule has 0 N–H and O–H groups in total. The van der Waals surface area contributed by atoms with Crippen molar-refractivity contribution in [2.75, 3.05) is 19.6 Å². The molecule has 0 fully saturated rings. The molecule has 0 saturated heterocycles. The third kappa shape index (κ3) is 6.34. The summed E-state index contributed by atoms with van der Waals surface area (Å²) in [6.07, 6.45) is 5.72. The number of carbonyl (C=O) groups is 1. The highest BCUT2D eigenvalue weighted by atomic mass is 19.1. The van der Waals surface area contributed by atoms with Gasteiger partial charge in [0.25, 0.3) is 0 Å². The molecule has 4 heteroatoms. The van der Waals surface area contributed by atoms with Crippen LogP contribution in [0.25, 0.3) is 0 Å². The summed E-state index contributed by atoms with van der Waals surface area (Å²) >= 11 is 0. The molecular formula is C17H27FN2O. The maximum atomic E-state index is 12.9. The second-order valence-electron chi connectivity index (χ2n) is 5.63. The number of Topliss-reactive ketones (excluding diaryl/α,β-unsaturated/α-hetero) is 1. The number of nitrogens with zero attached hydrogens (tertiary/aromatic N) is 2. The highest BCUT2D eigenvalue weighted by molar-refractivity contribution is 5.95. The molecule has 0 bridgehead atoms. The van der Waals surface area contributed by atoms with Gasteiger partial charge in [0, 0.05) is 12.5 Å². The van der Waals surface area contributed by atoms with E-state index >= 15 is 0 Å². The van der Waals surface area contributed by atoms with Gasteiger partial charge in [-0.15, -0.1) is 0 Å². The van der Waals surface area contributed by atoms with Crippen molar-refractivity contribution in [1.82, 2.24) is 9.88 Å². The number of pyridine rings is 1. The molecule has 1 rings (SSSR count). The molecule has 0 saturated carbocycles. The number of ketones is 1. The van der Waals surface area contributed by atoms with Gasteiger partial charge in [0.15, 0.2) is 5.78 Å². The summed E-state index contributed by atoms with van der Waals surface area (Å²) in [5.41, 5.74) is 0.356. The lowest BCUT2D eigenvalue weighted by Crippen LogP contribution is -2.33. The molecule has 1 unspecified atom stereocenters. The van der Waals surface area contributed by atoms with Gasteiger partial charge in [0.2, 0.25) is 0 Å². The highest BCUT2D eigenvalue weighted by Gasteiger charge is 2.19. The van der Waals surface area contributed by atoms with E-state index < -0.39 is 5.82 Å². The van der Waals surface area contributed by atoms with Crippen molar-refractivity contribution in [3.8, 4) is 0 Å². The molecule has 1 aromatic rings. The molecule has 0 aromatic carbocycles. The molecule has 21 heavy (non-hydrogen) atoms. The second kappa shape index (κ2) is 9.61. The Balaban J connectivity index is 2.59. The van der Waals surface area contributed by atoms with Crippen LogP contribution in [0.2, 0.25) is 0 Å². The summed E-state index contributed by atoms with van der Waals surface area (Å²) in [6.45, 7) is 9.09. The predicted molar refractivity (Wildman–Crippen MR) is 83.9 cm³/mol. The zero-order valence-electron chi connectivity index (χ0n) is 13.4. The first-order valence-electron chi connectivity index (χ1n) is 7.96. The van der Waals surface area contributed by atoms with E-state index in [1.54, 1.807) is 0 Å². The Morgan fingerprint density at radius 3 is 2.33 bits per heavy atom. The number of hydrogen-bond donors (Lipinski definition) is 0. The van der Waals surface area contributed by atoms with Gasteiger partial charge in [-0.2, -0.15) is 0 Å². The van der Waals surface area contributed by atoms with Gasteiger partial charge in [-0.1, -0.05) is 33.6 Å². The smallest absolute Gasteiger partial charge is 0.185 e. The minimum Gasteiger partial charge on any atom is -0.303 e. The Hall–Kier alpha value is -1.29. The van der Waals surface area contributed by atoms with Crippen molar-refractivity contribution in [1.29, 1.82) is 0 Å². The first-order chi connectivity index (χ1) is 10.1. The molecule has 0 radical (unpaired) electrons. The van der Waals surface area contributed by atoms with Gasteiger partial charge in [0.1, 0.15) is 11.5 Å². The van der Waals surface area contributed by atoms with Gasteiger partial charge < -0.3 is 4.90 Å². The molecule has 0 aliphatic rings. The molecule has 0 aliphatic heterocycles. The molecular weight excluding hydrogens is 267 g/mol. The fourth-order valence-corrected chi connectivity index (χ4v) is 2.30. The van der Waals surface area contributed by atoms with E-state index in [-0.39, 0.29) is 11.7 Å². The minimum absolute atomic E-state index is 0.00648. The summed E-state index contributed by atoms with van der Waals surface area (Å²) < 4.78 is 12.9. The summed E-state index contributed by atoms with van der Waals surface area (Å²) in [5, 5.41) is 0. The molecule has 0 spiro atoms. The van der Waals surface area contributed by atoms with Gasteiger partial charge >= 0.3 is 0 Å². The van der Waals surface area contributed by atoms with Crippen LogP contribution in [-0.2, 0) is 0 Å². The van der Waals surface area contributed by atoms with E-state index in [4.69, 9.17) is 0 Å². The third-order valence-corrected chi connectivity index (χ3v) is 3.62. The number of hydrogen-bond acceptors (Lipinski definition) is 3. The maximum Gasteiger partial charge on any atom is 0.185 e. The lowest BCUT2D eigenvalue weighted by molar-refractivity contribution is 0.0887. The lowest BCUT2D eigenvalue weighted by atomic mass is 10.0. The number of carbonyl (C=O) groups excluding carboxylic acids is 1. The molecule has 1 heterocycles. The summed E-state index contributed by atoms with van der Waals surface area (Å²) in [6, 6.07) is 2.76. The van der Waals surface area contributed by atoms with Crippen molar-refractivity contribution in [2.24, 2.45) is 5.92 Å². The van der Waals surface area contributed by atoms with Crippen LogP contribution < -0.4 is 0 Å². The van der Waals surface area contributed by atoms with E-state index in [1.807, 2.05) is 6.92 Å². The summed E-state index contributed by atoms with van der Waals surface area (Å²) in [7, 11) is 0. The Bertz CT molecular complexity index is 411. The molecule has 0 aliphatic carbocycles. The van der Waals surface area contributed by atoms with E-state index in [9.17, 15) is 9.18 Å². The monoisotopic (exact) mass is 294 g/mol. The quantitative estimate of drug-likeness (QED) is 0.613. The largest absolute Gasteiger partial charge is 0.303 e. The van der Waals surface area contributed by atoms with Gasteiger partial charge in [0.05, 0.1) is 6.20 Å². The van der Waals surface area contributed by atoms with Crippen molar-refractivity contribution < 1.29 is 9.18 Å². The third-order valence-electron chi connectivity index (χ3n) is 3.62. The average molecular weight is 294 g/mol. The highest BCUT2D eigenvalue weighted by Crippen LogP contribution is 2.11. The first-order valence-corrected chi connectivity index (χ1v) is 7.96. The zero-order chi connectivity index (χ0) is 15.7. The van der Waals surface area contributed by atoms with Crippen LogP contribution in [0.15, 0.2) is 18.3 Å². The van der Waals surface area contributed by atoms with E-state index in [0.29, 0.717) is 5.69 Å². The maximum absolute atomic E-state index is 12.9. The predicted octanol–water partition coefficient (Wildman–Crippen LogP) is 3.94. The van der Waals surface area contributed by atoms with Crippen LogP contribution in [-0.4, -0.2) is 35.3 Å². The van der Waals surface area contributed by atoms with Crippen molar-refractivity contribution in [2.45, 2.75) is 46.5 Å². The van der Waals surface area contributed by atoms with Crippen LogP contribution in [0.5, 0.6) is 0 Å². The van der Waals surface area contributed by atoms with Crippen LogP contribution in [0.3, 0.4) is 0 Å². The van der Waals surface area contributed by atoms with Crippen molar-refractivity contribution in [3.63, 3.8) is 0 Å². The van der Waals surface area contributed by atoms with Crippen LogP contribution >= 0.6 is 0 Å². The number of aromatic nitrogens is 1. The van der Waals surface area contributed by atoms with Gasteiger partial charge in [-0.3, -0.25) is 9.78 Å². The number of rotatable bonds is 10. The van der Waals surface area contributed by atoms with Crippen LogP contribution in [0, 0.1) is 11.7 Å². The van der Waals surface area contributed by atoms with Crippen molar-refractivity contribution in [3.05, 3.63) is 29.8 Å². The fourth-order valence-electron chi connectivity index (χ4n) is 2.30. The molecule has 1 aromatic heterocycles. The molecule has 1 atom stereocenters. The SMILES string of the molecule is CCCCN(CCCC)CC(C)C(=O)c1ccc(F)cn1. The van der Waals surface area contributed by atoms with E-state index in [2.05, 4.69) is 23.7 Å². The minimum atomic E-state index is -0.410. The number of halogens is 1. The fraction of sp³-hybridized carbons (Fsp3) is 0.647. The Kier molecular flexibility index (Phi) is 8.13. The molecule has 118 valence electrons.